The van der Waals surface area contributed by atoms with Crippen LogP contribution in [-0.2, 0) is 14.8 Å². The molecule has 0 spiro atoms. The van der Waals surface area contributed by atoms with Gasteiger partial charge in [0, 0.05) is 25.8 Å². The zero-order chi connectivity index (χ0) is 20.0. The molecule has 0 unspecified atom stereocenters. The molecule has 7 nitrogen and oxygen atoms in total. The zero-order valence-corrected chi connectivity index (χ0v) is 17.5. The maximum absolute atomic E-state index is 12.5. The van der Waals surface area contributed by atoms with E-state index in [1.165, 1.54) is 53.0 Å². The molecular formula is C19H31N3O4S. The second-order valence-corrected chi connectivity index (χ2v) is 9.38. The molecule has 1 aliphatic rings. The topological polar surface area (TPSA) is 79.0 Å². The van der Waals surface area contributed by atoms with Crippen LogP contribution >= 0.6 is 0 Å². The van der Waals surface area contributed by atoms with E-state index in [1.54, 1.807) is 12.1 Å². The Morgan fingerprint density at radius 1 is 1.15 bits per heavy atom. The summed E-state index contributed by atoms with van der Waals surface area (Å²) in [5.74, 6) is 0.0948. The first kappa shape index (κ1) is 21.7. The Hall–Kier alpha value is -1.64. The number of carbonyl (C=O) groups is 1. The minimum atomic E-state index is -3.68. The van der Waals surface area contributed by atoms with E-state index in [4.69, 9.17) is 4.74 Å². The molecule has 1 aromatic rings. The first-order valence-corrected chi connectivity index (χ1v) is 10.8. The Bertz CT molecular complexity index is 741. The van der Waals surface area contributed by atoms with Crippen molar-refractivity contribution in [2.75, 3.05) is 40.1 Å². The van der Waals surface area contributed by atoms with Gasteiger partial charge < -0.3 is 10.1 Å². The number of benzene rings is 1. The summed E-state index contributed by atoms with van der Waals surface area (Å²) in [6, 6.07) is 5.08. The third-order valence-corrected chi connectivity index (χ3v) is 6.88. The molecule has 1 N–H and O–H groups in total. The quantitative estimate of drug-likeness (QED) is 0.716. The van der Waals surface area contributed by atoms with Gasteiger partial charge in [0.1, 0.15) is 10.6 Å². The number of ether oxygens (including phenoxy) is 1. The van der Waals surface area contributed by atoms with E-state index >= 15 is 0 Å². The third kappa shape index (κ3) is 5.67. The fraction of sp³-hybridized carbons (Fsp3) is 0.632. The summed E-state index contributed by atoms with van der Waals surface area (Å²) >= 11 is 0. The Labute approximate surface area is 162 Å². The molecule has 8 heteroatoms. The third-order valence-electron chi connectivity index (χ3n) is 5.05. The second kappa shape index (κ2) is 9.52. The highest BCUT2D eigenvalue weighted by molar-refractivity contribution is 7.89. The monoisotopic (exact) mass is 397 g/mol. The lowest BCUT2D eigenvalue weighted by atomic mass is 10.1. The summed E-state index contributed by atoms with van der Waals surface area (Å²) in [4.78, 5) is 14.6. The predicted octanol–water partition coefficient (Wildman–Crippen LogP) is 2.54. The van der Waals surface area contributed by atoms with E-state index in [-0.39, 0.29) is 23.1 Å². The number of anilines is 1. The van der Waals surface area contributed by atoms with Crippen molar-refractivity contribution in [2.24, 2.45) is 0 Å². The van der Waals surface area contributed by atoms with E-state index in [0.29, 0.717) is 11.7 Å². The maximum Gasteiger partial charge on any atom is 0.246 e. The van der Waals surface area contributed by atoms with Gasteiger partial charge in [0.15, 0.2) is 0 Å². The molecule has 1 aliphatic carbocycles. The Kier molecular flexibility index (Phi) is 7.64. The van der Waals surface area contributed by atoms with Crippen molar-refractivity contribution in [2.45, 2.75) is 49.5 Å². The minimum absolute atomic E-state index is 0.0323. The molecule has 0 radical (unpaired) electrons. The van der Waals surface area contributed by atoms with Gasteiger partial charge in [-0.15, -0.1) is 0 Å². The van der Waals surface area contributed by atoms with Gasteiger partial charge >= 0.3 is 0 Å². The van der Waals surface area contributed by atoms with Crippen LogP contribution < -0.4 is 10.1 Å². The Morgan fingerprint density at radius 2 is 1.78 bits per heavy atom. The van der Waals surface area contributed by atoms with E-state index in [1.807, 2.05) is 7.05 Å². The zero-order valence-electron chi connectivity index (χ0n) is 16.7. The lowest BCUT2D eigenvalue weighted by molar-refractivity contribution is -0.117. The Balaban J connectivity index is 2.09. The number of hydrogen-bond acceptors (Lipinski definition) is 5. The van der Waals surface area contributed by atoms with Crippen LogP contribution in [0.2, 0.25) is 0 Å². The van der Waals surface area contributed by atoms with E-state index in [2.05, 4.69) is 10.2 Å². The van der Waals surface area contributed by atoms with Crippen LogP contribution in [0.5, 0.6) is 5.75 Å². The summed E-state index contributed by atoms with van der Waals surface area (Å²) in [6.45, 7) is 0.284. The highest BCUT2D eigenvalue weighted by Crippen LogP contribution is 2.29. The fourth-order valence-corrected chi connectivity index (χ4v) is 4.48. The largest absolute Gasteiger partial charge is 0.495 e. The lowest BCUT2D eigenvalue weighted by Gasteiger charge is -2.26. The molecule has 27 heavy (non-hydrogen) atoms. The molecule has 152 valence electrons. The summed E-state index contributed by atoms with van der Waals surface area (Å²) in [5.41, 5.74) is 0.440. The van der Waals surface area contributed by atoms with Crippen molar-refractivity contribution in [3.8, 4) is 5.75 Å². The molecule has 1 amide bonds. The Morgan fingerprint density at radius 3 is 2.33 bits per heavy atom. The number of likely N-dealkylation sites (N-methyl/N-ethyl adjacent to an activating group) is 1. The maximum atomic E-state index is 12.5. The molecule has 0 atom stereocenters. The molecule has 1 saturated carbocycles. The normalized spacial score (nSPS) is 16.4. The molecule has 2 rings (SSSR count). The number of amides is 1. The second-order valence-electron chi connectivity index (χ2n) is 7.26. The van der Waals surface area contributed by atoms with Gasteiger partial charge in [-0.3, -0.25) is 9.69 Å². The minimum Gasteiger partial charge on any atom is -0.495 e. The molecule has 0 aromatic heterocycles. The van der Waals surface area contributed by atoms with Crippen LogP contribution in [-0.4, -0.2) is 64.4 Å². The van der Waals surface area contributed by atoms with Gasteiger partial charge in [0.2, 0.25) is 15.9 Å². The first-order valence-electron chi connectivity index (χ1n) is 9.36. The molecule has 0 heterocycles. The summed E-state index contributed by atoms with van der Waals surface area (Å²) < 4.78 is 31.3. The molecular weight excluding hydrogens is 366 g/mol. The van der Waals surface area contributed by atoms with E-state index in [0.717, 1.165) is 17.1 Å². The van der Waals surface area contributed by atoms with Gasteiger partial charge in [-0.1, -0.05) is 25.7 Å². The number of methoxy groups -OCH3 is 1. The average Bonchev–Trinajstić information content (AvgIpc) is 2.90. The predicted molar refractivity (Wildman–Crippen MR) is 107 cm³/mol. The standard InChI is InChI=1S/C19H31N3O4S/c1-21(2)27(24,25)18-13-15(11-12-17(18)26-4)20-19(23)14-22(3)16-9-7-5-6-8-10-16/h11-13,16H,5-10,14H2,1-4H3,(H,20,23). The molecule has 0 bridgehead atoms. The first-order chi connectivity index (χ1) is 12.8. The van der Waals surface area contributed by atoms with Crippen LogP contribution in [0.3, 0.4) is 0 Å². The number of nitrogens with zero attached hydrogens (tertiary/aromatic N) is 2. The van der Waals surface area contributed by atoms with Crippen LogP contribution in [0.4, 0.5) is 5.69 Å². The van der Waals surface area contributed by atoms with Crippen LogP contribution in [0.1, 0.15) is 38.5 Å². The number of nitrogens with one attached hydrogen (secondary N) is 1. The van der Waals surface area contributed by atoms with Crippen LogP contribution in [0.15, 0.2) is 23.1 Å². The number of rotatable bonds is 7. The lowest BCUT2D eigenvalue weighted by Crippen LogP contribution is -2.37. The summed E-state index contributed by atoms with van der Waals surface area (Å²) in [6.07, 6.45) is 7.20. The summed E-state index contributed by atoms with van der Waals surface area (Å²) in [5, 5.41) is 2.81. The fourth-order valence-electron chi connectivity index (χ4n) is 3.41. The van der Waals surface area contributed by atoms with Crippen molar-refractivity contribution in [3.05, 3.63) is 18.2 Å². The number of sulfonamides is 1. The van der Waals surface area contributed by atoms with E-state index in [9.17, 15) is 13.2 Å². The molecule has 1 fully saturated rings. The van der Waals surface area contributed by atoms with Crippen LogP contribution in [0, 0.1) is 0 Å². The highest BCUT2D eigenvalue weighted by Gasteiger charge is 2.23. The summed E-state index contributed by atoms with van der Waals surface area (Å²) in [7, 11) is 2.64. The van der Waals surface area contributed by atoms with E-state index < -0.39 is 10.0 Å². The highest BCUT2D eigenvalue weighted by atomic mass is 32.2. The number of carbonyl (C=O) groups excluding carboxylic acids is 1. The van der Waals surface area contributed by atoms with Gasteiger partial charge in [-0.05, 0) is 38.1 Å². The van der Waals surface area contributed by atoms with Crippen molar-refractivity contribution < 1.29 is 17.9 Å². The van der Waals surface area contributed by atoms with Crippen molar-refractivity contribution in [1.82, 2.24) is 9.21 Å². The van der Waals surface area contributed by atoms with Gasteiger partial charge in [-0.2, -0.15) is 0 Å². The van der Waals surface area contributed by atoms with Gasteiger partial charge in [0.25, 0.3) is 0 Å². The van der Waals surface area contributed by atoms with Gasteiger partial charge in [-0.25, -0.2) is 12.7 Å². The molecule has 0 saturated heterocycles. The molecule has 1 aromatic carbocycles. The van der Waals surface area contributed by atoms with Crippen molar-refractivity contribution >= 4 is 21.6 Å². The average molecular weight is 398 g/mol. The van der Waals surface area contributed by atoms with Gasteiger partial charge in [0.05, 0.1) is 13.7 Å². The molecule has 0 aliphatic heterocycles. The smallest absolute Gasteiger partial charge is 0.246 e. The van der Waals surface area contributed by atoms with Crippen molar-refractivity contribution in [3.63, 3.8) is 0 Å². The SMILES string of the molecule is COc1ccc(NC(=O)CN(C)C2CCCCCC2)cc1S(=O)(=O)N(C)C. The number of hydrogen-bond donors (Lipinski definition) is 1. The van der Waals surface area contributed by atoms with Crippen LogP contribution in [0.25, 0.3) is 0 Å². The van der Waals surface area contributed by atoms with Crippen molar-refractivity contribution in [1.29, 1.82) is 0 Å².